The molecule has 0 atom stereocenters. The van der Waals surface area contributed by atoms with Gasteiger partial charge in [0.15, 0.2) is 0 Å². The van der Waals surface area contributed by atoms with Crippen LogP contribution in [0.2, 0.25) is 0 Å². The smallest absolute Gasteiger partial charge is 0.0751 e. The zero-order valence-electron chi connectivity index (χ0n) is 24.7. The molecular formula is C44H29N. The lowest BCUT2D eigenvalue weighted by Crippen LogP contribution is -2.46. The average Bonchev–Trinajstić information content (AvgIpc) is 3.12. The summed E-state index contributed by atoms with van der Waals surface area (Å²) in [6.45, 7) is 0. The van der Waals surface area contributed by atoms with Crippen molar-refractivity contribution in [1.82, 2.24) is 0 Å². The number of hydrogen-bond donors (Lipinski definition) is 0. The van der Waals surface area contributed by atoms with Gasteiger partial charge >= 0.3 is 0 Å². The van der Waals surface area contributed by atoms with Crippen LogP contribution in [-0.2, 0) is 5.41 Å². The van der Waals surface area contributed by atoms with E-state index in [-0.39, 0.29) is 5.92 Å². The maximum atomic E-state index is 2.54. The van der Waals surface area contributed by atoms with Crippen molar-refractivity contribution in [3.8, 4) is 22.3 Å². The van der Waals surface area contributed by atoms with Crippen molar-refractivity contribution >= 4 is 17.1 Å². The molecule has 4 aliphatic rings. The standard InChI is InChI=1S/C44H29N/c1-3-14-29(15-4-1)31-26-27-40-38(28-31)44-36-22-10-7-19-33(36)42(34-20-8-11-23-37(34)44)35-21-13-25-41(43(35)44)45(40)39-24-12-9-18-32(39)30-16-5-2-6-17-30/h1-28,42H. The number of hydrogen-bond acceptors (Lipinski definition) is 1. The Morgan fingerprint density at radius 1 is 0.378 bits per heavy atom. The van der Waals surface area contributed by atoms with Crippen molar-refractivity contribution < 1.29 is 0 Å². The van der Waals surface area contributed by atoms with Gasteiger partial charge in [-0.3, -0.25) is 0 Å². The van der Waals surface area contributed by atoms with Crippen molar-refractivity contribution in [3.05, 3.63) is 209 Å². The highest BCUT2D eigenvalue weighted by molar-refractivity contribution is 5.98. The SMILES string of the molecule is c1ccc(-c2ccc3c(c2)C24c5ccccc5C(c5ccccc52)c2cccc(c24)N3c2ccccc2-c2ccccc2)cc1. The fourth-order valence-electron chi connectivity index (χ4n) is 8.68. The Labute approximate surface area is 263 Å². The van der Waals surface area contributed by atoms with Crippen LogP contribution in [-0.4, -0.2) is 0 Å². The highest BCUT2D eigenvalue weighted by atomic mass is 15.2. The van der Waals surface area contributed by atoms with Crippen molar-refractivity contribution in [2.75, 3.05) is 4.90 Å². The summed E-state index contributed by atoms with van der Waals surface area (Å²) in [6.07, 6.45) is 0. The highest BCUT2D eigenvalue weighted by Crippen LogP contribution is 2.68. The summed E-state index contributed by atoms with van der Waals surface area (Å²) in [5, 5.41) is 0. The Hall–Kier alpha value is -5.66. The minimum absolute atomic E-state index is 0.208. The predicted octanol–water partition coefficient (Wildman–Crippen LogP) is 11.0. The third-order valence-corrected chi connectivity index (χ3v) is 10.3. The fraction of sp³-hybridized carbons (Fsp3) is 0.0455. The van der Waals surface area contributed by atoms with E-state index in [1.165, 1.54) is 78.3 Å². The summed E-state index contributed by atoms with van der Waals surface area (Å²) in [7, 11) is 0. The second-order valence-electron chi connectivity index (χ2n) is 12.4. The first kappa shape index (κ1) is 24.7. The molecule has 0 saturated heterocycles. The molecule has 1 nitrogen and oxygen atoms in total. The fourth-order valence-corrected chi connectivity index (χ4v) is 8.68. The normalized spacial score (nSPS) is 18.0. The molecule has 0 amide bonds. The molecule has 210 valence electrons. The predicted molar refractivity (Wildman–Crippen MR) is 185 cm³/mol. The molecule has 0 unspecified atom stereocenters. The molecule has 45 heavy (non-hydrogen) atoms. The molecule has 2 bridgehead atoms. The van der Waals surface area contributed by atoms with Gasteiger partial charge in [0.25, 0.3) is 0 Å². The summed E-state index contributed by atoms with van der Waals surface area (Å²) < 4.78 is 0. The van der Waals surface area contributed by atoms with Gasteiger partial charge in [-0.05, 0) is 79.9 Å². The van der Waals surface area contributed by atoms with Crippen LogP contribution in [0.4, 0.5) is 17.1 Å². The Morgan fingerprint density at radius 3 is 1.69 bits per heavy atom. The third kappa shape index (κ3) is 3.17. The largest absolute Gasteiger partial charge is 0.309 e. The molecule has 1 heterocycles. The second-order valence-corrected chi connectivity index (χ2v) is 12.4. The number of anilines is 3. The van der Waals surface area contributed by atoms with E-state index in [1.807, 2.05) is 0 Å². The monoisotopic (exact) mass is 571 g/mol. The molecule has 0 N–H and O–H groups in total. The van der Waals surface area contributed by atoms with E-state index in [1.54, 1.807) is 0 Å². The zero-order chi connectivity index (χ0) is 29.5. The molecule has 0 fully saturated rings. The zero-order valence-corrected chi connectivity index (χ0v) is 24.7. The maximum absolute atomic E-state index is 2.54. The first-order valence-corrected chi connectivity index (χ1v) is 15.8. The number of fused-ring (bicyclic) bond motifs is 1. The maximum Gasteiger partial charge on any atom is 0.0751 e. The molecule has 0 saturated carbocycles. The van der Waals surface area contributed by atoms with E-state index in [0.717, 1.165) is 0 Å². The number of para-hydroxylation sites is 1. The first-order chi connectivity index (χ1) is 22.4. The highest BCUT2D eigenvalue weighted by Gasteiger charge is 2.57. The van der Waals surface area contributed by atoms with Gasteiger partial charge in [0.05, 0.1) is 22.5 Å². The van der Waals surface area contributed by atoms with Gasteiger partial charge < -0.3 is 4.90 Å². The van der Waals surface area contributed by atoms with Gasteiger partial charge in [-0.2, -0.15) is 0 Å². The van der Waals surface area contributed by atoms with Crippen LogP contribution in [0, 0.1) is 0 Å². The van der Waals surface area contributed by atoms with E-state index in [0.29, 0.717) is 0 Å². The lowest BCUT2D eigenvalue weighted by Gasteiger charge is -2.56. The summed E-state index contributed by atoms with van der Waals surface area (Å²) in [5.74, 6) is 0.208. The van der Waals surface area contributed by atoms with E-state index in [9.17, 15) is 0 Å². The van der Waals surface area contributed by atoms with E-state index in [2.05, 4.69) is 175 Å². The molecule has 7 aromatic carbocycles. The minimum Gasteiger partial charge on any atom is -0.309 e. The molecule has 1 spiro atoms. The van der Waals surface area contributed by atoms with Crippen molar-refractivity contribution in [2.45, 2.75) is 11.3 Å². The quantitative estimate of drug-likeness (QED) is 0.204. The van der Waals surface area contributed by atoms with E-state index >= 15 is 0 Å². The molecule has 11 rings (SSSR count). The van der Waals surface area contributed by atoms with Gasteiger partial charge in [-0.25, -0.2) is 0 Å². The van der Waals surface area contributed by atoms with Crippen LogP contribution in [0.15, 0.2) is 170 Å². The van der Waals surface area contributed by atoms with Crippen LogP contribution >= 0.6 is 0 Å². The average molecular weight is 572 g/mol. The Kier molecular flexibility index (Phi) is 5.04. The van der Waals surface area contributed by atoms with Crippen molar-refractivity contribution in [3.63, 3.8) is 0 Å². The molecule has 1 aliphatic heterocycles. The molecule has 1 heteroatoms. The second kappa shape index (κ2) is 9.17. The van der Waals surface area contributed by atoms with E-state index < -0.39 is 5.41 Å². The Balaban J connectivity index is 1.37. The van der Waals surface area contributed by atoms with Crippen LogP contribution in [0.1, 0.15) is 44.9 Å². The van der Waals surface area contributed by atoms with Gasteiger partial charge in [-0.15, -0.1) is 0 Å². The van der Waals surface area contributed by atoms with Gasteiger partial charge in [0.1, 0.15) is 0 Å². The molecular weight excluding hydrogens is 542 g/mol. The number of benzene rings is 7. The third-order valence-electron chi connectivity index (χ3n) is 10.3. The Bertz CT molecular complexity index is 2230. The number of nitrogens with zero attached hydrogens (tertiary/aromatic N) is 1. The van der Waals surface area contributed by atoms with Gasteiger partial charge in [0.2, 0.25) is 0 Å². The molecule has 7 aromatic rings. The first-order valence-electron chi connectivity index (χ1n) is 15.8. The van der Waals surface area contributed by atoms with E-state index in [4.69, 9.17) is 0 Å². The number of rotatable bonds is 3. The van der Waals surface area contributed by atoms with Crippen LogP contribution in [0.25, 0.3) is 22.3 Å². The van der Waals surface area contributed by atoms with Crippen LogP contribution in [0.5, 0.6) is 0 Å². The van der Waals surface area contributed by atoms with Crippen molar-refractivity contribution in [1.29, 1.82) is 0 Å². The molecule has 3 aliphatic carbocycles. The lowest BCUT2D eigenvalue weighted by atomic mass is 9.49. The molecule has 0 aromatic heterocycles. The minimum atomic E-state index is -0.424. The Morgan fingerprint density at radius 2 is 0.956 bits per heavy atom. The van der Waals surface area contributed by atoms with Crippen molar-refractivity contribution in [2.24, 2.45) is 0 Å². The van der Waals surface area contributed by atoms with Crippen LogP contribution in [0.3, 0.4) is 0 Å². The summed E-state index contributed by atoms with van der Waals surface area (Å²) in [6, 6.07) is 63.1. The van der Waals surface area contributed by atoms with Crippen LogP contribution < -0.4 is 4.90 Å². The summed E-state index contributed by atoms with van der Waals surface area (Å²) in [5.41, 5.74) is 18.1. The van der Waals surface area contributed by atoms with Gasteiger partial charge in [0, 0.05) is 11.5 Å². The lowest BCUT2D eigenvalue weighted by molar-refractivity contribution is 0.622. The topological polar surface area (TPSA) is 3.24 Å². The van der Waals surface area contributed by atoms with Gasteiger partial charge in [-0.1, -0.05) is 146 Å². The molecule has 0 radical (unpaired) electrons. The summed E-state index contributed by atoms with van der Waals surface area (Å²) >= 11 is 0. The summed E-state index contributed by atoms with van der Waals surface area (Å²) in [4.78, 5) is 2.54.